The van der Waals surface area contributed by atoms with Gasteiger partial charge in [-0.3, -0.25) is 0 Å². The molecule has 1 rings (SSSR count). The van der Waals surface area contributed by atoms with E-state index in [1.54, 1.807) is 0 Å². The van der Waals surface area contributed by atoms with Crippen LogP contribution < -0.4 is 0 Å². The fourth-order valence-electron chi connectivity index (χ4n) is 2.02. The topological polar surface area (TPSA) is 102 Å². The van der Waals surface area contributed by atoms with Crippen LogP contribution in [0.15, 0.2) is 18.7 Å². The van der Waals surface area contributed by atoms with E-state index in [2.05, 4.69) is 23.4 Å². The van der Waals surface area contributed by atoms with Crippen molar-refractivity contribution in [3.8, 4) is 0 Å². The van der Waals surface area contributed by atoms with Crippen molar-refractivity contribution in [2.24, 2.45) is 0 Å². The largest absolute Gasteiger partial charge is 0.473 e. The number of aromatic nitrogens is 2. The van der Waals surface area contributed by atoms with Crippen molar-refractivity contribution in [3.63, 3.8) is 0 Å². The van der Waals surface area contributed by atoms with Gasteiger partial charge in [-0.2, -0.15) is 11.8 Å². The molecule has 7 nitrogen and oxygen atoms in total. The van der Waals surface area contributed by atoms with Gasteiger partial charge in [0.2, 0.25) is 0 Å². The molecular formula is C18H32N2O5S. The Hall–Kier alpha value is -1.54. The number of thioether (sulfide) groups is 1. The Morgan fingerprint density at radius 1 is 1.12 bits per heavy atom. The fourth-order valence-corrected chi connectivity index (χ4v) is 3.28. The Morgan fingerprint density at radius 2 is 1.81 bits per heavy atom. The molecule has 2 N–H and O–H groups in total. The maximum Gasteiger partial charge on any atom is 0.414 e. The highest BCUT2D eigenvalue weighted by Gasteiger charge is 2.10. The molecule has 0 saturated heterocycles. The molecule has 0 saturated carbocycles. The molecular weight excluding hydrogens is 356 g/mol. The lowest BCUT2D eigenvalue weighted by Gasteiger charge is -2.17. The number of nitrogens with zero attached hydrogens (tertiary/aromatic N) is 2. The lowest BCUT2D eigenvalue weighted by atomic mass is 10.2. The molecule has 0 aliphatic rings. The summed E-state index contributed by atoms with van der Waals surface area (Å²) in [4.78, 5) is 22.3. The van der Waals surface area contributed by atoms with Crippen LogP contribution in [0.3, 0.4) is 0 Å². The fraction of sp³-hybridized carbons (Fsp3) is 0.722. The summed E-state index contributed by atoms with van der Waals surface area (Å²) in [6.45, 7) is 7.26. The van der Waals surface area contributed by atoms with Crippen molar-refractivity contribution >= 4 is 23.7 Å². The second kappa shape index (κ2) is 16.9. The molecule has 1 heterocycles. The van der Waals surface area contributed by atoms with E-state index < -0.39 is 11.9 Å². The van der Waals surface area contributed by atoms with Crippen LogP contribution in [0.1, 0.15) is 52.4 Å². The summed E-state index contributed by atoms with van der Waals surface area (Å²) in [7, 11) is 0. The Morgan fingerprint density at radius 3 is 2.35 bits per heavy atom. The van der Waals surface area contributed by atoms with Crippen molar-refractivity contribution in [2.45, 2.75) is 64.2 Å². The van der Waals surface area contributed by atoms with Crippen molar-refractivity contribution in [3.05, 3.63) is 18.7 Å². The minimum Gasteiger partial charge on any atom is -0.473 e. The molecule has 1 aromatic rings. The van der Waals surface area contributed by atoms with E-state index in [0.29, 0.717) is 5.25 Å². The van der Waals surface area contributed by atoms with Gasteiger partial charge in [0.1, 0.15) is 0 Å². The summed E-state index contributed by atoms with van der Waals surface area (Å²) in [5, 5.41) is 15.3. The normalized spacial score (nSPS) is 11.5. The third-order valence-corrected chi connectivity index (χ3v) is 4.73. The minimum atomic E-state index is -1.82. The Balaban J connectivity index is 0.000000896. The van der Waals surface area contributed by atoms with Crippen molar-refractivity contribution in [1.29, 1.82) is 0 Å². The number of ether oxygens (including phenoxy) is 1. The van der Waals surface area contributed by atoms with Crippen LogP contribution in [0, 0.1) is 0 Å². The average molecular weight is 389 g/mol. The third-order valence-electron chi connectivity index (χ3n) is 3.45. The Bertz CT molecular complexity index is 456. The first-order chi connectivity index (χ1) is 12.5. The zero-order chi connectivity index (χ0) is 19.6. The van der Waals surface area contributed by atoms with Crippen molar-refractivity contribution < 1.29 is 24.5 Å². The summed E-state index contributed by atoms with van der Waals surface area (Å²) in [5.41, 5.74) is 0. The van der Waals surface area contributed by atoms with E-state index in [-0.39, 0.29) is 0 Å². The van der Waals surface area contributed by atoms with E-state index in [9.17, 15) is 0 Å². The molecule has 26 heavy (non-hydrogen) atoms. The van der Waals surface area contributed by atoms with E-state index in [1.807, 2.05) is 30.5 Å². The first-order valence-electron chi connectivity index (χ1n) is 9.12. The van der Waals surface area contributed by atoms with Crippen LogP contribution in [-0.2, 0) is 20.9 Å². The average Bonchev–Trinajstić information content (AvgIpc) is 3.11. The highest BCUT2D eigenvalue weighted by atomic mass is 32.2. The SMILES string of the molecule is CCCCCCOCC(Cn1ccnc1)SCCCC.O=C(O)C(=O)O. The number of aliphatic carboxylic acids is 2. The van der Waals surface area contributed by atoms with Crippen LogP contribution in [0.25, 0.3) is 0 Å². The zero-order valence-corrected chi connectivity index (χ0v) is 16.6. The van der Waals surface area contributed by atoms with Crippen LogP contribution in [0.4, 0.5) is 0 Å². The number of carboxylic acid groups (broad SMARTS) is 2. The quantitative estimate of drug-likeness (QED) is 0.393. The molecule has 0 aliphatic carbocycles. The van der Waals surface area contributed by atoms with Gasteiger partial charge in [0.05, 0.1) is 12.9 Å². The maximum atomic E-state index is 9.10. The molecule has 0 aromatic carbocycles. The van der Waals surface area contributed by atoms with E-state index in [4.69, 9.17) is 24.5 Å². The molecule has 1 aromatic heterocycles. The summed E-state index contributed by atoms with van der Waals surface area (Å²) in [5.74, 6) is -2.42. The van der Waals surface area contributed by atoms with Gasteiger partial charge in [-0.05, 0) is 18.6 Å². The number of imidazole rings is 1. The molecule has 0 amide bonds. The van der Waals surface area contributed by atoms with Crippen LogP contribution in [-0.4, -0.2) is 55.9 Å². The van der Waals surface area contributed by atoms with Gasteiger partial charge >= 0.3 is 11.9 Å². The predicted molar refractivity (Wildman–Crippen MR) is 104 cm³/mol. The maximum absolute atomic E-state index is 9.10. The summed E-state index contributed by atoms with van der Waals surface area (Å²) >= 11 is 2.04. The van der Waals surface area contributed by atoms with Crippen molar-refractivity contribution in [2.75, 3.05) is 19.0 Å². The smallest absolute Gasteiger partial charge is 0.414 e. The lowest BCUT2D eigenvalue weighted by molar-refractivity contribution is -0.159. The molecule has 0 bridgehead atoms. The van der Waals surface area contributed by atoms with E-state index in [1.165, 1.54) is 44.3 Å². The number of hydrogen-bond donors (Lipinski definition) is 2. The number of unbranched alkanes of at least 4 members (excludes halogenated alkanes) is 4. The second-order valence-electron chi connectivity index (χ2n) is 5.85. The molecule has 0 aliphatic heterocycles. The highest BCUT2D eigenvalue weighted by molar-refractivity contribution is 7.99. The number of rotatable bonds is 13. The standard InChI is InChI=1S/C16H30N2OS.C2H2O4/c1-3-5-7-8-11-19-14-16(20-12-6-4-2)13-18-10-9-17-15-18;3-1(4)2(5)6/h9-10,15-16H,3-8,11-14H2,1-2H3;(H,3,4)(H,5,6). The molecule has 150 valence electrons. The molecule has 8 heteroatoms. The number of carboxylic acids is 2. The zero-order valence-electron chi connectivity index (χ0n) is 15.8. The van der Waals surface area contributed by atoms with E-state index >= 15 is 0 Å². The first kappa shape index (κ1) is 24.5. The predicted octanol–water partition coefficient (Wildman–Crippen LogP) is 3.54. The van der Waals surface area contributed by atoms with E-state index in [0.717, 1.165) is 19.8 Å². The van der Waals surface area contributed by atoms with Crippen molar-refractivity contribution in [1.82, 2.24) is 9.55 Å². The second-order valence-corrected chi connectivity index (χ2v) is 7.26. The van der Waals surface area contributed by atoms with Crippen LogP contribution >= 0.6 is 11.8 Å². The van der Waals surface area contributed by atoms with Gasteiger partial charge < -0.3 is 19.5 Å². The molecule has 1 atom stereocenters. The summed E-state index contributed by atoms with van der Waals surface area (Å²) in [6, 6.07) is 0. The molecule has 1 unspecified atom stereocenters. The monoisotopic (exact) mass is 388 g/mol. The Kier molecular flexibility index (Phi) is 15.9. The summed E-state index contributed by atoms with van der Waals surface area (Å²) < 4.78 is 8.02. The number of carbonyl (C=O) groups is 2. The molecule has 0 radical (unpaired) electrons. The van der Waals surface area contributed by atoms with Crippen LogP contribution in [0.5, 0.6) is 0 Å². The highest BCUT2D eigenvalue weighted by Crippen LogP contribution is 2.16. The van der Waals surface area contributed by atoms with Gasteiger partial charge in [0, 0.05) is 30.8 Å². The van der Waals surface area contributed by atoms with Gasteiger partial charge in [0.15, 0.2) is 0 Å². The lowest BCUT2D eigenvalue weighted by Crippen LogP contribution is -2.19. The van der Waals surface area contributed by atoms with Gasteiger partial charge in [-0.15, -0.1) is 0 Å². The Labute approximate surface area is 160 Å². The first-order valence-corrected chi connectivity index (χ1v) is 10.2. The van der Waals surface area contributed by atoms with Gasteiger partial charge in [-0.1, -0.05) is 39.5 Å². The van der Waals surface area contributed by atoms with Gasteiger partial charge in [0.25, 0.3) is 0 Å². The molecule has 0 spiro atoms. The minimum absolute atomic E-state index is 0.543. The number of hydrogen-bond acceptors (Lipinski definition) is 5. The van der Waals surface area contributed by atoms with Gasteiger partial charge in [-0.25, -0.2) is 14.6 Å². The third kappa shape index (κ3) is 14.8. The molecule has 0 fully saturated rings. The summed E-state index contributed by atoms with van der Waals surface area (Å²) in [6.07, 6.45) is 13.5. The van der Waals surface area contributed by atoms with Crippen LogP contribution in [0.2, 0.25) is 0 Å².